The lowest BCUT2D eigenvalue weighted by molar-refractivity contribution is 0.150. The first-order valence-electron chi connectivity index (χ1n) is 8.98. The molecule has 26 heavy (non-hydrogen) atoms. The van der Waals surface area contributed by atoms with Gasteiger partial charge in [0.15, 0.2) is 0 Å². The molecule has 0 aliphatic heterocycles. The van der Waals surface area contributed by atoms with Crippen LogP contribution in [0.5, 0.6) is 0 Å². The second kappa shape index (κ2) is 10.5. The first kappa shape index (κ1) is 23.2. The number of pyridine rings is 1. The minimum atomic E-state index is 0. The summed E-state index contributed by atoms with van der Waals surface area (Å²) in [5, 5.41) is 4.68. The van der Waals surface area contributed by atoms with E-state index in [1.54, 1.807) is 0 Å². The Morgan fingerprint density at radius 3 is 2.15 bits per heavy atom. The van der Waals surface area contributed by atoms with Crippen LogP contribution in [0, 0.1) is 5.92 Å². The molecule has 0 bridgehead atoms. The summed E-state index contributed by atoms with van der Waals surface area (Å²) in [6.45, 7) is 5.53. The number of halogens is 3. The summed E-state index contributed by atoms with van der Waals surface area (Å²) < 4.78 is 0. The van der Waals surface area contributed by atoms with Gasteiger partial charge in [0.2, 0.25) is 0 Å². The molecular weight excluding hydrogens is 387 g/mol. The smallest absolute Gasteiger partial charge is 0.0406 e. The predicted octanol–water partition coefficient (Wildman–Crippen LogP) is 6.20. The van der Waals surface area contributed by atoms with E-state index in [1.807, 2.05) is 24.5 Å². The first-order valence-corrected chi connectivity index (χ1v) is 9.36. The molecule has 1 N–H and O–H groups in total. The van der Waals surface area contributed by atoms with Gasteiger partial charge in [0.25, 0.3) is 0 Å². The molecule has 1 aliphatic carbocycles. The third-order valence-corrected chi connectivity index (χ3v) is 5.59. The number of benzene rings is 1. The van der Waals surface area contributed by atoms with Crippen LogP contribution in [0.4, 0.5) is 0 Å². The third kappa shape index (κ3) is 5.36. The molecule has 1 unspecified atom stereocenters. The van der Waals surface area contributed by atoms with Gasteiger partial charge in [-0.2, -0.15) is 0 Å². The molecule has 0 spiro atoms. The Morgan fingerprint density at radius 1 is 1.04 bits per heavy atom. The highest BCUT2D eigenvalue weighted by atomic mass is 35.5. The molecule has 1 heterocycles. The highest BCUT2D eigenvalue weighted by Gasteiger charge is 2.45. The van der Waals surface area contributed by atoms with E-state index in [1.165, 1.54) is 36.8 Å². The van der Waals surface area contributed by atoms with Gasteiger partial charge in [-0.15, -0.1) is 24.8 Å². The summed E-state index contributed by atoms with van der Waals surface area (Å²) in [5.74, 6) is 0.671. The molecule has 0 saturated heterocycles. The van der Waals surface area contributed by atoms with Crippen LogP contribution in [0.15, 0.2) is 48.8 Å². The molecule has 1 aromatic heterocycles. The second-order valence-corrected chi connectivity index (χ2v) is 7.87. The van der Waals surface area contributed by atoms with Crippen molar-refractivity contribution in [1.29, 1.82) is 0 Å². The highest BCUT2D eigenvalue weighted by Crippen LogP contribution is 2.48. The topological polar surface area (TPSA) is 24.9 Å². The molecule has 0 amide bonds. The van der Waals surface area contributed by atoms with Crippen LogP contribution < -0.4 is 5.32 Å². The maximum absolute atomic E-state index is 6.11. The maximum Gasteiger partial charge on any atom is 0.0406 e. The van der Waals surface area contributed by atoms with Crippen molar-refractivity contribution in [2.75, 3.05) is 0 Å². The second-order valence-electron chi connectivity index (χ2n) is 7.44. The Kier molecular flexibility index (Phi) is 9.40. The van der Waals surface area contributed by atoms with Crippen molar-refractivity contribution in [2.24, 2.45) is 5.92 Å². The van der Waals surface area contributed by atoms with Crippen LogP contribution in [0.2, 0.25) is 5.02 Å². The van der Waals surface area contributed by atoms with E-state index >= 15 is 0 Å². The van der Waals surface area contributed by atoms with Gasteiger partial charge in [-0.25, -0.2) is 0 Å². The molecule has 1 aromatic carbocycles. The summed E-state index contributed by atoms with van der Waals surface area (Å²) in [6.07, 6.45) is 8.76. The molecule has 0 radical (unpaired) electrons. The van der Waals surface area contributed by atoms with Crippen LogP contribution >= 0.6 is 36.4 Å². The van der Waals surface area contributed by atoms with Crippen LogP contribution in [0.1, 0.15) is 50.7 Å². The largest absolute Gasteiger partial charge is 0.309 e. The number of hydrogen-bond donors (Lipinski definition) is 1. The van der Waals surface area contributed by atoms with Crippen LogP contribution in [-0.2, 0) is 12.0 Å². The van der Waals surface area contributed by atoms with Crippen LogP contribution in [-0.4, -0.2) is 11.0 Å². The van der Waals surface area contributed by atoms with Crippen molar-refractivity contribution in [3.8, 4) is 0 Å². The molecule has 1 aliphatic rings. The van der Waals surface area contributed by atoms with Crippen molar-refractivity contribution in [3.05, 3.63) is 64.9 Å². The standard InChI is InChI=1S/C21H27ClN2.2ClH/c1-16(2)14-20(24-15-17-8-12-23-13-9-17)21(10-3-11-21)18-4-6-19(22)7-5-18;;/h4-9,12-13,16,20,24H,3,10-11,14-15H2,1-2H3;2*1H. The molecule has 5 heteroatoms. The summed E-state index contributed by atoms with van der Waals surface area (Å²) in [5.41, 5.74) is 2.98. The average Bonchev–Trinajstić information content (AvgIpc) is 2.53. The van der Waals surface area contributed by atoms with E-state index in [0.717, 1.165) is 11.6 Å². The van der Waals surface area contributed by atoms with E-state index < -0.39 is 0 Å². The quantitative estimate of drug-likeness (QED) is 0.582. The normalized spacial score (nSPS) is 16.2. The van der Waals surface area contributed by atoms with Crippen molar-refractivity contribution in [1.82, 2.24) is 10.3 Å². The lowest BCUT2D eigenvalue weighted by Gasteiger charge is -2.49. The fraction of sp³-hybridized carbons (Fsp3) is 0.476. The lowest BCUT2D eigenvalue weighted by Crippen LogP contribution is -2.53. The molecular formula is C21H29Cl3N2. The number of nitrogens with one attached hydrogen (secondary N) is 1. The Hall–Kier alpha value is -0.800. The van der Waals surface area contributed by atoms with Crippen molar-refractivity contribution in [2.45, 2.75) is 57.5 Å². The fourth-order valence-corrected chi connectivity index (χ4v) is 4.02. The summed E-state index contributed by atoms with van der Waals surface area (Å²) in [6, 6.07) is 13.2. The van der Waals surface area contributed by atoms with Gasteiger partial charge < -0.3 is 5.32 Å². The highest BCUT2D eigenvalue weighted by molar-refractivity contribution is 6.30. The lowest BCUT2D eigenvalue weighted by atomic mass is 9.59. The van der Waals surface area contributed by atoms with Gasteiger partial charge in [0.05, 0.1) is 0 Å². The van der Waals surface area contributed by atoms with Gasteiger partial charge >= 0.3 is 0 Å². The predicted molar refractivity (Wildman–Crippen MR) is 116 cm³/mol. The zero-order chi connectivity index (χ0) is 17.0. The Bertz CT molecular complexity index is 640. The minimum Gasteiger partial charge on any atom is -0.309 e. The Labute approximate surface area is 175 Å². The van der Waals surface area contributed by atoms with Gasteiger partial charge in [-0.3, -0.25) is 4.98 Å². The van der Waals surface area contributed by atoms with Gasteiger partial charge in [0.1, 0.15) is 0 Å². The maximum atomic E-state index is 6.11. The number of hydrogen-bond acceptors (Lipinski definition) is 2. The Balaban J connectivity index is 0.00000169. The number of aromatic nitrogens is 1. The zero-order valence-electron chi connectivity index (χ0n) is 15.5. The summed E-state index contributed by atoms with van der Waals surface area (Å²) in [7, 11) is 0. The monoisotopic (exact) mass is 414 g/mol. The van der Waals surface area contributed by atoms with Crippen molar-refractivity contribution in [3.63, 3.8) is 0 Å². The number of rotatable bonds is 7. The molecule has 1 fully saturated rings. The molecule has 2 nitrogen and oxygen atoms in total. The van der Waals surface area contributed by atoms with Gasteiger partial charge in [0, 0.05) is 35.4 Å². The third-order valence-electron chi connectivity index (χ3n) is 5.34. The number of nitrogens with zero attached hydrogens (tertiary/aromatic N) is 1. The Morgan fingerprint density at radius 2 is 1.65 bits per heavy atom. The zero-order valence-corrected chi connectivity index (χ0v) is 17.8. The van der Waals surface area contributed by atoms with E-state index in [0.29, 0.717) is 12.0 Å². The molecule has 1 saturated carbocycles. The molecule has 2 aromatic rings. The van der Waals surface area contributed by atoms with E-state index in [9.17, 15) is 0 Å². The average molecular weight is 416 g/mol. The van der Waals surface area contributed by atoms with E-state index in [-0.39, 0.29) is 30.2 Å². The van der Waals surface area contributed by atoms with Crippen LogP contribution in [0.3, 0.4) is 0 Å². The minimum absolute atomic E-state index is 0. The summed E-state index contributed by atoms with van der Waals surface area (Å²) >= 11 is 6.11. The van der Waals surface area contributed by atoms with E-state index in [4.69, 9.17) is 11.6 Å². The summed E-state index contributed by atoms with van der Waals surface area (Å²) in [4.78, 5) is 4.11. The fourth-order valence-electron chi connectivity index (χ4n) is 3.90. The van der Waals surface area contributed by atoms with Crippen LogP contribution in [0.25, 0.3) is 0 Å². The molecule has 144 valence electrons. The first-order chi connectivity index (χ1) is 11.6. The van der Waals surface area contributed by atoms with Crippen molar-refractivity contribution < 1.29 is 0 Å². The van der Waals surface area contributed by atoms with Gasteiger partial charge in [-0.1, -0.05) is 44.0 Å². The van der Waals surface area contributed by atoms with E-state index in [2.05, 4.69) is 48.4 Å². The SMILES string of the molecule is CC(C)CC(NCc1ccncc1)C1(c2ccc(Cl)cc2)CCC1.Cl.Cl. The van der Waals surface area contributed by atoms with Crippen molar-refractivity contribution >= 4 is 36.4 Å². The van der Waals surface area contributed by atoms with Gasteiger partial charge in [-0.05, 0) is 60.6 Å². The molecule has 1 atom stereocenters. The molecule has 3 rings (SSSR count).